The Morgan fingerprint density at radius 1 is 1.20 bits per heavy atom. The Bertz CT molecular complexity index is 312. The molecule has 1 aromatic rings. The van der Waals surface area contributed by atoms with Gasteiger partial charge in [0.15, 0.2) is 5.82 Å². The van der Waals surface area contributed by atoms with Crippen molar-refractivity contribution in [2.45, 2.75) is 25.8 Å². The normalized spacial score (nSPS) is 17.5. The zero-order chi connectivity index (χ0) is 10.7. The molecule has 1 saturated heterocycles. The Balaban J connectivity index is 2.09. The summed E-state index contributed by atoms with van der Waals surface area (Å²) in [5.41, 5.74) is 0.121. The maximum Gasteiger partial charge on any atom is 0.180 e. The van der Waals surface area contributed by atoms with Gasteiger partial charge in [0.05, 0.1) is 0 Å². The summed E-state index contributed by atoms with van der Waals surface area (Å²) in [4.78, 5) is 2.08. The van der Waals surface area contributed by atoms with Gasteiger partial charge >= 0.3 is 0 Å². The molecule has 0 N–H and O–H groups in total. The van der Waals surface area contributed by atoms with E-state index in [0.29, 0.717) is 6.54 Å². The molecule has 1 aliphatic rings. The van der Waals surface area contributed by atoms with Gasteiger partial charge in [0, 0.05) is 18.2 Å². The molecule has 0 atom stereocenters. The highest BCUT2D eigenvalue weighted by molar-refractivity contribution is 5.15. The van der Waals surface area contributed by atoms with Crippen molar-refractivity contribution < 1.29 is 8.78 Å². The minimum atomic E-state index is -0.611. The first kappa shape index (κ1) is 10.4. The molecule has 0 spiro atoms. The van der Waals surface area contributed by atoms with E-state index in [1.54, 1.807) is 0 Å². The van der Waals surface area contributed by atoms with Gasteiger partial charge in [0.25, 0.3) is 0 Å². The molecular weight excluding hydrogens is 196 g/mol. The van der Waals surface area contributed by atoms with Crippen molar-refractivity contribution >= 4 is 0 Å². The summed E-state index contributed by atoms with van der Waals surface area (Å²) in [5.74, 6) is -1.13. The minimum absolute atomic E-state index is 0.121. The Kier molecular flexibility index (Phi) is 3.17. The van der Waals surface area contributed by atoms with Gasteiger partial charge in [-0.2, -0.15) is 4.39 Å². The van der Waals surface area contributed by atoms with Crippen LogP contribution in [-0.4, -0.2) is 18.0 Å². The fraction of sp³-hybridized carbons (Fsp3) is 0.500. The lowest BCUT2D eigenvalue weighted by Gasteiger charge is -2.26. The van der Waals surface area contributed by atoms with Crippen LogP contribution in [0.1, 0.15) is 24.8 Å². The van der Waals surface area contributed by atoms with E-state index in [1.807, 2.05) is 0 Å². The van der Waals surface area contributed by atoms with Crippen LogP contribution < -0.4 is 0 Å². The van der Waals surface area contributed by atoms with Crippen LogP contribution in [0, 0.1) is 23.8 Å². The second-order valence-corrected chi connectivity index (χ2v) is 3.89. The number of likely N-dealkylation sites (tertiary alicyclic amines) is 1. The van der Waals surface area contributed by atoms with Crippen LogP contribution in [0.2, 0.25) is 0 Å². The van der Waals surface area contributed by atoms with Gasteiger partial charge in [-0.1, -0.05) is 12.5 Å². The summed E-state index contributed by atoms with van der Waals surface area (Å²) < 4.78 is 26.5. The molecule has 0 bridgehead atoms. The predicted octanol–water partition coefficient (Wildman–Crippen LogP) is 2.55. The SMILES string of the molecule is Fc1c#ccc(F)c1CN1CCCCC1. The second kappa shape index (κ2) is 4.59. The van der Waals surface area contributed by atoms with E-state index in [0.717, 1.165) is 32.0 Å². The van der Waals surface area contributed by atoms with Crippen molar-refractivity contribution in [3.8, 4) is 0 Å². The van der Waals surface area contributed by atoms with Crippen molar-refractivity contribution in [1.82, 2.24) is 4.90 Å². The standard InChI is InChI=1S/C12H13F2N/c13-11-5-4-6-12(14)10(11)9-15-7-2-1-3-8-15/h5H,1-3,7-9H2. The molecule has 0 unspecified atom stereocenters. The molecule has 15 heavy (non-hydrogen) atoms. The molecule has 1 fully saturated rings. The van der Waals surface area contributed by atoms with Crippen molar-refractivity contribution in [2.24, 2.45) is 0 Å². The van der Waals surface area contributed by atoms with E-state index >= 15 is 0 Å². The lowest BCUT2D eigenvalue weighted by molar-refractivity contribution is 0.215. The van der Waals surface area contributed by atoms with E-state index in [-0.39, 0.29) is 5.56 Å². The summed E-state index contributed by atoms with van der Waals surface area (Å²) in [6.45, 7) is 2.21. The molecule has 1 nitrogen and oxygen atoms in total. The Morgan fingerprint density at radius 2 is 1.93 bits per heavy atom. The van der Waals surface area contributed by atoms with Gasteiger partial charge in [0.2, 0.25) is 0 Å². The number of rotatable bonds is 2. The molecular formula is C12H13F2N. The first-order valence-corrected chi connectivity index (χ1v) is 5.26. The molecule has 0 saturated carbocycles. The second-order valence-electron chi connectivity index (χ2n) is 3.89. The molecule has 0 amide bonds. The highest BCUT2D eigenvalue weighted by atomic mass is 19.1. The monoisotopic (exact) mass is 209 g/mol. The molecule has 0 aromatic heterocycles. The van der Waals surface area contributed by atoms with Gasteiger partial charge in [0.1, 0.15) is 5.82 Å². The minimum Gasteiger partial charge on any atom is -0.299 e. The molecule has 0 aliphatic carbocycles. The van der Waals surface area contributed by atoms with Crippen molar-refractivity contribution in [1.29, 1.82) is 0 Å². The average molecular weight is 209 g/mol. The third-order valence-corrected chi connectivity index (χ3v) is 2.76. The zero-order valence-electron chi connectivity index (χ0n) is 8.52. The number of hydrogen-bond donors (Lipinski definition) is 0. The Labute approximate surface area is 88.7 Å². The molecule has 3 heteroatoms. The van der Waals surface area contributed by atoms with Crippen LogP contribution in [0.5, 0.6) is 0 Å². The number of piperidine rings is 1. The van der Waals surface area contributed by atoms with Crippen LogP contribution in [0.4, 0.5) is 8.78 Å². The first-order valence-electron chi connectivity index (χ1n) is 5.26. The molecule has 1 aromatic carbocycles. The van der Waals surface area contributed by atoms with E-state index in [1.165, 1.54) is 6.42 Å². The molecule has 0 radical (unpaired) electrons. The Hall–Kier alpha value is -1.14. The fourth-order valence-corrected chi connectivity index (χ4v) is 1.92. The third kappa shape index (κ3) is 2.45. The maximum atomic E-state index is 13.3. The predicted molar refractivity (Wildman–Crippen MR) is 53.2 cm³/mol. The topological polar surface area (TPSA) is 3.24 Å². The lowest BCUT2D eigenvalue weighted by atomic mass is 10.1. The third-order valence-electron chi connectivity index (χ3n) is 2.76. The summed E-state index contributed by atoms with van der Waals surface area (Å²) in [5, 5.41) is 0. The summed E-state index contributed by atoms with van der Waals surface area (Å²) in [6, 6.07) is 5.73. The van der Waals surface area contributed by atoms with E-state index in [4.69, 9.17) is 0 Å². The van der Waals surface area contributed by atoms with Crippen molar-refractivity contribution in [3.05, 3.63) is 35.4 Å². The highest BCUT2D eigenvalue weighted by Crippen LogP contribution is 2.16. The molecule has 2 rings (SSSR count). The molecule has 1 heterocycles. The maximum absolute atomic E-state index is 13.3. The Morgan fingerprint density at radius 3 is 2.60 bits per heavy atom. The van der Waals surface area contributed by atoms with E-state index < -0.39 is 11.6 Å². The quantitative estimate of drug-likeness (QED) is 0.723. The van der Waals surface area contributed by atoms with Crippen LogP contribution in [0.15, 0.2) is 6.07 Å². The number of halogens is 2. The van der Waals surface area contributed by atoms with Crippen LogP contribution in [0.3, 0.4) is 0 Å². The number of hydrogen-bond acceptors (Lipinski definition) is 1. The van der Waals surface area contributed by atoms with Crippen LogP contribution in [0.25, 0.3) is 0 Å². The first-order chi connectivity index (χ1) is 7.27. The van der Waals surface area contributed by atoms with Crippen LogP contribution in [-0.2, 0) is 6.54 Å². The fourth-order valence-electron chi connectivity index (χ4n) is 1.92. The summed E-state index contributed by atoms with van der Waals surface area (Å²) in [6.07, 6.45) is 3.45. The van der Waals surface area contributed by atoms with Gasteiger partial charge in [-0.3, -0.25) is 4.90 Å². The molecule has 80 valence electrons. The van der Waals surface area contributed by atoms with E-state index in [2.05, 4.69) is 17.0 Å². The van der Waals surface area contributed by atoms with Gasteiger partial charge in [-0.25, -0.2) is 4.39 Å². The lowest BCUT2D eigenvalue weighted by Crippen LogP contribution is -2.29. The van der Waals surface area contributed by atoms with Crippen molar-refractivity contribution in [2.75, 3.05) is 13.1 Å². The summed E-state index contributed by atoms with van der Waals surface area (Å²) >= 11 is 0. The van der Waals surface area contributed by atoms with E-state index in [9.17, 15) is 8.78 Å². The van der Waals surface area contributed by atoms with Gasteiger partial charge < -0.3 is 0 Å². The summed E-state index contributed by atoms with van der Waals surface area (Å²) in [7, 11) is 0. The smallest absolute Gasteiger partial charge is 0.180 e. The van der Waals surface area contributed by atoms with Gasteiger partial charge in [-0.05, 0) is 32.0 Å². The van der Waals surface area contributed by atoms with Crippen LogP contribution >= 0.6 is 0 Å². The number of nitrogens with zero attached hydrogens (tertiary/aromatic N) is 1. The highest BCUT2D eigenvalue weighted by Gasteiger charge is 2.15. The molecule has 1 aliphatic heterocycles. The average Bonchev–Trinajstić information content (AvgIpc) is 2.25. The van der Waals surface area contributed by atoms with Gasteiger partial charge in [-0.15, -0.1) is 0 Å². The van der Waals surface area contributed by atoms with Crippen molar-refractivity contribution in [3.63, 3.8) is 0 Å². The largest absolute Gasteiger partial charge is 0.299 e. The zero-order valence-corrected chi connectivity index (χ0v) is 8.52.